The molecule has 2 rings (SSSR count). The molecule has 2 N–H and O–H groups in total. The Morgan fingerprint density at radius 3 is 2.93 bits per heavy atom. The van der Waals surface area contributed by atoms with Gasteiger partial charge in [0.15, 0.2) is 0 Å². The lowest BCUT2D eigenvalue weighted by atomic mass is 10.2. The summed E-state index contributed by atoms with van der Waals surface area (Å²) in [6.07, 6.45) is 3.31. The second-order valence-corrected chi connectivity index (χ2v) is 3.87. The third-order valence-corrected chi connectivity index (χ3v) is 2.72. The summed E-state index contributed by atoms with van der Waals surface area (Å²) in [7, 11) is 0. The molecule has 1 unspecified atom stereocenters. The van der Waals surface area contributed by atoms with E-state index < -0.39 is 0 Å². The molecular formula is C9H10BrN3O. The van der Waals surface area contributed by atoms with Gasteiger partial charge in [0.1, 0.15) is 17.6 Å². The van der Waals surface area contributed by atoms with Crippen molar-refractivity contribution in [3.8, 4) is 0 Å². The molecule has 74 valence electrons. The van der Waals surface area contributed by atoms with Crippen molar-refractivity contribution in [2.45, 2.75) is 13.0 Å². The fraction of sp³-hybridized carbons (Fsp3) is 0.222. The van der Waals surface area contributed by atoms with Crippen molar-refractivity contribution in [1.82, 2.24) is 9.78 Å². The van der Waals surface area contributed by atoms with E-state index in [1.165, 1.54) is 0 Å². The van der Waals surface area contributed by atoms with Gasteiger partial charge in [-0.3, -0.25) is 0 Å². The summed E-state index contributed by atoms with van der Waals surface area (Å²) in [5, 5.41) is 4.16. The normalized spacial score (nSPS) is 13.0. The van der Waals surface area contributed by atoms with Gasteiger partial charge in [-0.25, -0.2) is 4.68 Å². The fourth-order valence-corrected chi connectivity index (χ4v) is 1.58. The highest BCUT2D eigenvalue weighted by Crippen LogP contribution is 2.25. The third kappa shape index (κ3) is 1.43. The molecule has 0 aliphatic rings. The van der Waals surface area contributed by atoms with E-state index in [0.717, 1.165) is 10.2 Å². The van der Waals surface area contributed by atoms with Gasteiger partial charge in [0.05, 0.1) is 16.9 Å². The van der Waals surface area contributed by atoms with Gasteiger partial charge >= 0.3 is 0 Å². The fourth-order valence-electron chi connectivity index (χ4n) is 1.31. The number of furan rings is 1. The topological polar surface area (TPSA) is 57.0 Å². The Morgan fingerprint density at radius 1 is 1.64 bits per heavy atom. The van der Waals surface area contributed by atoms with E-state index in [2.05, 4.69) is 21.0 Å². The number of nitrogens with two attached hydrogens (primary N) is 1. The minimum absolute atomic E-state index is 0.0105. The SMILES string of the molecule is CC(c1ccco1)n1ncc(Br)c1N. The van der Waals surface area contributed by atoms with Crippen LogP contribution >= 0.6 is 15.9 Å². The lowest BCUT2D eigenvalue weighted by Gasteiger charge is -2.10. The average Bonchev–Trinajstić information content (AvgIpc) is 2.77. The average molecular weight is 256 g/mol. The second kappa shape index (κ2) is 3.49. The molecule has 0 amide bonds. The van der Waals surface area contributed by atoms with Crippen molar-refractivity contribution in [2.75, 3.05) is 5.73 Å². The van der Waals surface area contributed by atoms with E-state index in [1.54, 1.807) is 17.1 Å². The number of nitrogens with zero attached hydrogens (tertiary/aromatic N) is 2. The maximum absolute atomic E-state index is 5.82. The number of halogens is 1. The van der Waals surface area contributed by atoms with Crippen LogP contribution in [-0.2, 0) is 0 Å². The largest absolute Gasteiger partial charge is 0.467 e. The summed E-state index contributed by atoms with van der Waals surface area (Å²) in [5.41, 5.74) is 5.82. The summed E-state index contributed by atoms with van der Waals surface area (Å²) in [5.74, 6) is 1.45. The Balaban J connectivity index is 2.36. The Morgan fingerprint density at radius 2 is 2.43 bits per heavy atom. The van der Waals surface area contributed by atoms with E-state index in [9.17, 15) is 0 Å². The van der Waals surface area contributed by atoms with E-state index in [-0.39, 0.29) is 6.04 Å². The van der Waals surface area contributed by atoms with Crippen molar-refractivity contribution in [3.63, 3.8) is 0 Å². The minimum Gasteiger partial charge on any atom is -0.467 e. The van der Waals surface area contributed by atoms with E-state index >= 15 is 0 Å². The van der Waals surface area contributed by atoms with Crippen LogP contribution in [0.2, 0.25) is 0 Å². The Kier molecular flexibility index (Phi) is 2.33. The summed E-state index contributed by atoms with van der Waals surface area (Å²) in [6.45, 7) is 1.98. The minimum atomic E-state index is 0.0105. The molecule has 0 saturated carbocycles. The summed E-state index contributed by atoms with van der Waals surface area (Å²) in [4.78, 5) is 0. The van der Waals surface area contributed by atoms with Gasteiger partial charge in [0.2, 0.25) is 0 Å². The van der Waals surface area contributed by atoms with Gasteiger partial charge in [-0.1, -0.05) is 0 Å². The predicted octanol–water partition coefficient (Wildman–Crippen LogP) is 2.43. The van der Waals surface area contributed by atoms with Crippen LogP contribution < -0.4 is 5.73 Å². The van der Waals surface area contributed by atoms with Gasteiger partial charge in [0, 0.05) is 0 Å². The Hall–Kier alpha value is -1.23. The molecule has 14 heavy (non-hydrogen) atoms. The molecule has 0 bridgehead atoms. The molecule has 2 aromatic heterocycles. The monoisotopic (exact) mass is 255 g/mol. The zero-order chi connectivity index (χ0) is 10.1. The van der Waals surface area contributed by atoms with Crippen LogP contribution in [0.1, 0.15) is 18.7 Å². The predicted molar refractivity (Wildman–Crippen MR) is 56.9 cm³/mol. The molecule has 0 aliphatic heterocycles. The van der Waals surface area contributed by atoms with Crippen LogP contribution in [0.25, 0.3) is 0 Å². The Labute approximate surface area is 89.8 Å². The molecule has 0 aliphatic carbocycles. The molecule has 5 heteroatoms. The molecule has 2 heterocycles. The van der Waals surface area contributed by atoms with Crippen LogP contribution in [0, 0.1) is 0 Å². The van der Waals surface area contributed by atoms with Gasteiger partial charge in [-0.2, -0.15) is 5.10 Å². The number of anilines is 1. The summed E-state index contributed by atoms with van der Waals surface area (Å²) >= 11 is 3.31. The number of nitrogen functional groups attached to an aromatic ring is 1. The highest BCUT2D eigenvalue weighted by Gasteiger charge is 2.15. The van der Waals surface area contributed by atoms with Gasteiger partial charge in [-0.05, 0) is 35.0 Å². The zero-order valence-electron chi connectivity index (χ0n) is 7.64. The lowest BCUT2D eigenvalue weighted by molar-refractivity contribution is 0.428. The first-order valence-corrected chi connectivity index (χ1v) is 5.01. The molecule has 0 radical (unpaired) electrons. The van der Waals surface area contributed by atoms with E-state index in [0.29, 0.717) is 5.82 Å². The maximum atomic E-state index is 5.82. The highest BCUT2D eigenvalue weighted by atomic mass is 79.9. The third-order valence-electron chi connectivity index (χ3n) is 2.11. The molecule has 2 aromatic rings. The quantitative estimate of drug-likeness (QED) is 0.897. The van der Waals surface area contributed by atoms with Crippen LogP contribution in [0.4, 0.5) is 5.82 Å². The smallest absolute Gasteiger partial charge is 0.136 e. The molecule has 0 spiro atoms. The van der Waals surface area contributed by atoms with Gasteiger partial charge < -0.3 is 10.2 Å². The number of aromatic nitrogens is 2. The summed E-state index contributed by atoms with van der Waals surface area (Å²) in [6, 6.07) is 3.76. The first-order valence-electron chi connectivity index (χ1n) is 4.22. The number of hydrogen-bond acceptors (Lipinski definition) is 3. The van der Waals surface area contributed by atoms with Gasteiger partial charge in [0.25, 0.3) is 0 Å². The van der Waals surface area contributed by atoms with Crippen molar-refractivity contribution < 1.29 is 4.42 Å². The summed E-state index contributed by atoms with van der Waals surface area (Å²) < 4.78 is 7.80. The molecule has 0 saturated heterocycles. The van der Waals surface area contributed by atoms with E-state index in [4.69, 9.17) is 10.2 Å². The molecule has 0 aromatic carbocycles. The van der Waals surface area contributed by atoms with Crippen LogP contribution in [0.5, 0.6) is 0 Å². The first-order chi connectivity index (χ1) is 6.70. The van der Waals surface area contributed by atoms with Crippen molar-refractivity contribution in [2.24, 2.45) is 0 Å². The Bertz CT molecular complexity index is 421. The van der Waals surface area contributed by atoms with Crippen LogP contribution in [-0.4, -0.2) is 9.78 Å². The first kappa shape index (κ1) is 9.33. The zero-order valence-corrected chi connectivity index (χ0v) is 9.23. The molecular weight excluding hydrogens is 246 g/mol. The van der Waals surface area contributed by atoms with E-state index in [1.807, 2.05) is 19.1 Å². The molecule has 0 fully saturated rings. The molecule has 1 atom stereocenters. The number of rotatable bonds is 2. The standard InChI is InChI=1S/C9H10BrN3O/c1-6(8-3-2-4-14-8)13-9(11)7(10)5-12-13/h2-6H,11H2,1H3. The molecule has 4 nitrogen and oxygen atoms in total. The highest BCUT2D eigenvalue weighted by molar-refractivity contribution is 9.10. The van der Waals surface area contributed by atoms with Gasteiger partial charge in [-0.15, -0.1) is 0 Å². The number of hydrogen-bond donors (Lipinski definition) is 1. The van der Waals surface area contributed by atoms with Crippen molar-refractivity contribution >= 4 is 21.7 Å². The van der Waals surface area contributed by atoms with Crippen molar-refractivity contribution in [3.05, 3.63) is 34.8 Å². The lowest BCUT2D eigenvalue weighted by Crippen LogP contribution is -2.10. The van der Waals surface area contributed by atoms with Crippen LogP contribution in [0.3, 0.4) is 0 Å². The maximum Gasteiger partial charge on any atom is 0.136 e. The van der Waals surface area contributed by atoms with Crippen LogP contribution in [0.15, 0.2) is 33.5 Å². The van der Waals surface area contributed by atoms with Crippen molar-refractivity contribution in [1.29, 1.82) is 0 Å². The second-order valence-electron chi connectivity index (χ2n) is 3.01.